The Hall–Kier alpha value is -0.780. The fourth-order valence-corrected chi connectivity index (χ4v) is 1.86. The zero-order valence-electron chi connectivity index (χ0n) is 11.1. The third kappa shape index (κ3) is 4.48. The average Bonchev–Trinajstić information content (AvgIpc) is 2.38. The lowest BCUT2D eigenvalue weighted by atomic mass is 10.0. The van der Waals surface area contributed by atoms with E-state index < -0.39 is 0 Å². The molecule has 1 aromatic carbocycles. The molecular weight excluding hydrogens is 337 g/mol. The maximum atomic E-state index is 4.38. The van der Waals surface area contributed by atoms with Crippen molar-refractivity contribution in [1.29, 1.82) is 0 Å². The molecule has 0 fully saturated rings. The molecule has 18 heavy (non-hydrogen) atoms. The Bertz CT molecular complexity index is 385. The van der Waals surface area contributed by atoms with Crippen molar-refractivity contribution < 1.29 is 0 Å². The van der Waals surface area contributed by atoms with Gasteiger partial charge in [-0.1, -0.05) is 38.1 Å². The summed E-state index contributed by atoms with van der Waals surface area (Å²) in [7, 11) is 0. The minimum absolute atomic E-state index is 0. The van der Waals surface area contributed by atoms with Gasteiger partial charge in [0.15, 0.2) is 5.96 Å². The van der Waals surface area contributed by atoms with Crippen LogP contribution in [0, 0.1) is 0 Å². The molecule has 100 valence electrons. The van der Waals surface area contributed by atoms with Gasteiger partial charge in [-0.2, -0.15) is 0 Å². The van der Waals surface area contributed by atoms with Crippen molar-refractivity contribution in [2.45, 2.75) is 32.7 Å². The number of rotatable bonds is 3. The van der Waals surface area contributed by atoms with Crippen LogP contribution < -0.4 is 10.6 Å². The van der Waals surface area contributed by atoms with Gasteiger partial charge in [0, 0.05) is 19.6 Å². The lowest BCUT2D eigenvalue weighted by Crippen LogP contribution is -2.40. The highest BCUT2D eigenvalue weighted by atomic mass is 127. The minimum Gasteiger partial charge on any atom is -0.356 e. The summed E-state index contributed by atoms with van der Waals surface area (Å²) < 4.78 is 0. The Morgan fingerprint density at radius 1 is 1.28 bits per heavy atom. The summed E-state index contributed by atoms with van der Waals surface area (Å²) in [6, 6.07) is 8.78. The van der Waals surface area contributed by atoms with E-state index in [2.05, 4.69) is 53.7 Å². The molecule has 0 radical (unpaired) electrons. The predicted octanol–water partition coefficient (Wildman–Crippen LogP) is 2.87. The number of halogens is 1. The Morgan fingerprint density at radius 2 is 2.00 bits per heavy atom. The largest absolute Gasteiger partial charge is 0.356 e. The zero-order chi connectivity index (χ0) is 12.1. The second kappa shape index (κ2) is 7.61. The molecule has 2 rings (SSSR count). The van der Waals surface area contributed by atoms with Crippen molar-refractivity contribution in [3.8, 4) is 0 Å². The van der Waals surface area contributed by atoms with Crippen molar-refractivity contribution in [1.82, 2.24) is 10.6 Å². The van der Waals surface area contributed by atoms with E-state index in [-0.39, 0.29) is 24.0 Å². The maximum Gasteiger partial charge on any atom is 0.191 e. The number of nitrogens with one attached hydrogen (secondary N) is 2. The zero-order valence-corrected chi connectivity index (χ0v) is 13.4. The Balaban J connectivity index is 0.00000162. The molecule has 0 amide bonds. The first-order chi connectivity index (χ1) is 8.25. The Kier molecular flexibility index (Phi) is 6.46. The first kappa shape index (κ1) is 15.3. The molecule has 4 heteroatoms. The van der Waals surface area contributed by atoms with Gasteiger partial charge < -0.3 is 10.6 Å². The molecule has 0 atom stereocenters. The molecule has 1 aliphatic rings. The fraction of sp³-hybridized carbons (Fsp3) is 0.500. The van der Waals surface area contributed by atoms with E-state index >= 15 is 0 Å². The summed E-state index contributed by atoms with van der Waals surface area (Å²) in [4.78, 5) is 4.38. The number of guanidine groups is 1. The van der Waals surface area contributed by atoms with Gasteiger partial charge in [-0.3, -0.25) is 4.99 Å². The highest BCUT2D eigenvalue weighted by Crippen LogP contribution is 2.14. The average molecular weight is 359 g/mol. The van der Waals surface area contributed by atoms with Gasteiger partial charge in [-0.25, -0.2) is 0 Å². The van der Waals surface area contributed by atoms with Gasteiger partial charge >= 0.3 is 0 Å². The van der Waals surface area contributed by atoms with E-state index in [0.29, 0.717) is 5.92 Å². The van der Waals surface area contributed by atoms with Crippen LogP contribution in [0.3, 0.4) is 0 Å². The van der Waals surface area contributed by atoms with E-state index in [9.17, 15) is 0 Å². The van der Waals surface area contributed by atoms with E-state index in [1.54, 1.807) is 0 Å². The van der Waals surface area contributed by atoms with Crippen molar-refractivity contribution >= 4 is 29.9 Å². The molecule has 0 saturated heterocycles. The van der Waals surface area contributed by atoms with Crippen molar-refractivity contribution in [3.63, 3.8) is 0 Å². The number of hydrogen-bond donors (Lipinski definition) is 2. The summed E-state index contributed by atoms with van der Waals surface area (Å²) in [6.07, 6.45) is 1.13. The van der Waals surface area contributed by atoms with E-state index in [4.69, 9.17) is 0 Å². The molecule has 0 bridgehead atoms. The molecular formula is C14H22IN3. The number of aliphatic imine (C=N–C) groups is 1. The van der Waals surface area contributed by atoms with Crippen LogP contribution in [-0.4, -0.2) is 19.0 Å². The summed E-state index contributed by atoms with van der Waals surface area (Å²) in [6.45, 7) is 7.23. The third-order valence-corrected chi connectivity index (χ3v) is 3.00. The van der Waals surface area contributed by atoms with Gasteiger partial charge in [0.2, 0.25) is 0 Å². The van der Waals surface area contributed by atoms with Gasteiger partial charge in [0.1, 0.15) is 0 Å². The van der Waals surface area contributed by atoms with E-state index in [1.807, 2.05) is 0 Å². The normalized spacial score (nSPS) is 14.5. The Morgan fingerprint density at radius 3 is 2.56 bits per heavy atom. The molecule has 0 unspecified atom stereocenters. The molecule has 0 spiro atoms. The van der Waals surface area contributed by atoms with Crippen LogP contribution in [0.25, 0.3) is 0 Å². The van der Waals surface area contributed by atoms with E-state index in [1.165, 1.54) is 11.1 Å². The van der Waals surface area contributed by atoms with Gasteiger partial charge in [0.05, 0.1) is 0 Å². The standard InChI is InChI=1S/C14H21N3.HI/c1-11(2)13-6-4-12(5-7-13)10-17-14-15-8-3-9-16-14;/h4-7,11H,3,8-10H2,1-2H3,(H2,15,16,17);1H. The highest BCUT2D eigenvalue weighted by Gasteiger charge is 2.03. The van der Waals surface area contributed by atoms with Crippen molar-refractivity contribution in [2.24, 2.45) is 4.99 Å². The quantitative estimate of drug-likeness (QED) is 0.815. The second-order valence-corrected chi connectivity index (χ2v) is 4.76. The van der Waals surface area contributed by atoms with Crippen LogP contribution in [0.2, 0.25) is 0 Å². The first-order valence-electron chi connectivity index (χ1n) is 6.37. The van der Waals surface area contributed by atoms with Crippen LogP contribution in [0.15, 0.2) is 29.3 Å². The molecule has 3 nitrogen and oxygen atoms in total. The van der Waals surface area contributed by atoms with Gasteiger partial charge in [-0.15, -0.1) is 24.0 Å². The number of nitrogens with zero attached hydrogens (tertiary/aromatic N) is 1. The first-order valence-corrected chi connectivity index (χ1v) is 6.37. The van der Waals surface area contributed by atoms with Crippen LogP contribution >= 0.6 is 24.0 Å². The van der Waals surface area contributed by atoms with Crippen LogP contribution in [0.4, 0.5) is 0 Å². The lowest BCUT2D eigenvalue weighted by molar-refractivity contribution is 0.702. The number of benzene rings is 1. The molecule has 1 heterocycles. The Labute approximate surface area is 126 Å². The summed E-state index contributed by atoms with van der Waals surface area (Å²) in [5.74, 6) is 1.53. The van der Waals surface area contributed by atoms with Crippen molar-refractivity contribution in [3.05, 3.63) is 35.4 Å². The summed E-state index contributed by atoms with van der Waals surface area (Å²) >= 11 is 0. The summed E-state index contributed by atoms with van der Waals surface area (Å²) in [5.41, 5.74) is 2.69. The van der Waals surface area contributed by atoms with Crippen LogP contribution in [-0.2, 0) is 6.54 Å². The highest BCUT2D eigenvalue weighted by molar-refractivity contribution is 14.0. The number of hydrogen-bond acceptors (Lipinski definition) is 3. The molecule has 0 saturated carbocycles. The lowest BCUT2D eigenvalue weighted by Gasteiger charge is -2.16. The van der Waals surface area contributed by atoms with Crippen LogP contribution in [0.5, 0.6) is 0 Å². The van der Waals surface area contributed by atoms with Crippen molar-refractivity contribution in [2.75, 3.05) is 13.1 Å². The maximum absolute atomic E-state index is 4.38. The third-order valence-electron chi connectivity index (χ3n) is 3.00. The second-order valence-electron chi connectivity index (χ2n) is 4.76. The SMILES string of the molecule is CC(C)c1ccc(CNC2=NCCCN2)cc1.I. The molecule has 0 aliphatic carbocycles. The minimum atomic E-state index is 0. The fourth-order valence-electron chi connectivity index (χ4n) is 1.86. The van der Waals surface area contributed by atoms with E-state index in [0.717, 1.165) is 32.0 Å². The van der Waals surface area contributed by atoms with Gasteiger partial charge in [0.25, 0.3) is 0 Å². The molecule has 1 aliphatic heterocycles. The van der Waals surface area contributed by atoms with Crippen LogP contribution in [0.1, 0.15) is 37.3 Å². The topological polar surface area (TPSA) is 36.4 Å². The predicted molar refractivity (Wildman–Crippen MR) is 87.7 cm³/mol. The smallest absolute Gasteiger partial charge is 0.191 e. The summed E-state index contributed by atoms with van der Waals surface area (Å²) in [5, 5.41) is 6.58. The molecule has 1 aromatic rings. The molecule has 2 N–H and O–H groups in total. The molecule has 0 aromatic heterocycles. The monoisotopic (exact) mass is 359 g/mol. The van der Waals surface area contributed by atoms with Gasteiger partial charge in [-0.05, 0) is 23.5 Å².